The first kappa shape index (κ1) is 17.2. The Kier molecular flexibility index (Phi) is 6.37. The maximum Gasteiger partial charge on any atom is 0.251 e. The first-order chi connectivity index (χ1) is 9.79. The number of aliphatic hydroxyl groups is 1. The lowest BCUT2D eigenvalue weighted by Gasteiger charge is -2.14. The normalized spacial score (nSPS) is 12.3. The lowest BCUT2D eigenvalue weighted by atomic mass is 10.0. The van der Waals surface area contributed by atoms with Gasteiger partial charge in [0.25, 0.3) is 5.91 Å². The van der Waals surface area contributed by atoms with Crippen molar-refractivity contribution in [3.05, 3.63) is 29.8 Å². The van der Waals surface area contributed by atoms with Crippen molar-refractivity contribution >= 4 is 17.5 Å². The minimum absolute atomic E-state index is 0.0397. The molecule has 0 aliphatic heterocycles. The van der Waals surface area contributed by atoms with E-state index in [0.717, 1.165) is 0 Å². The molecular formula is C16H24N2O3. The number of benzene rings is 1. The molecule has 1 unspecified atom stereocenters. The van der Waals surface area contributed by atoms with Crippen LogP contribution >= 0.6 is 0 Å². The molecule has 1 aromatic carbocycles. The van der Waals surface area contributed by atoms with Gasteiger partial charge >= 0.3 is 0 Å². The van der Waals surface area contributed by atoms with Gasteiger partial charge in [0.2, 0.25) is 5.91 Å². The number of hydrogen-bond donors (Lipinski definition) is 3. The third-order valence-electron chi connectivity index (χ3n) is 3.01. The average Bonchev–Trinajstić information content (AvgIpc) is 2.38. The van der Waals surface area contributed by atoms with Gasteiger partial charge < -0.3 is 15.7 Å². The number of hydrogen-bond acceptors (Lipinski definition) is 3. The highest BCUT2D eigenvalue weighted by Gasteiger charge is 2.14. The van der Waals surface area contributed by atoms with E-state index < -0.39 is 6.10 Å². The molecule has 0 saturated heterocycles. The first-order valence-corrected chi connectivity index (χ1v) is 7.18. The van der Waals surface area contributed by atoms with Crippen LogP contribution in [0.25, 0.3) is 0 Å². The van der Waals surface area contributed by atoms with E-state index >= 15 is 0 Å². The number of nitrogens with one attached hydrogen (secondary N) is 2. The van der Waals surface area contributed by atoms with Crippen molar-refractivity contribution in [1.29, 1.82) is 0 Å². The highest BCUT2D eigenvalue weighted by molar-refractivity contribution is 5.96. The standard InChI is InChI=1S/C16H24N2O3/c1-10(2)14(19)9-15(20)18-13-7-5-12(6-8-13)16(21)17-11(3)4/h5-8,10-11,14,19H,9H2,1-4H3,(H,17,21)(H,18,20). The number of aliphatic hydroxyl groups excluding tert-OH is 1. The van der Waals surface area contributed by atoms with Crippen LogP contribution in [0.2, 0.25) is 0 Å². The minimum Gasteiger partial charge on any atom is -0.392 e. The maximum atomic E-state index is 11.8. The van der Waals surface area contributed by atoms with E-state index in [1.165, 1.54) is 0 Å². The zero-order valence-electron chi connectivity index (χ0n) is 13.0. The summed E-state index contributed by atoms with van der Waals surface area (Å²) in [6, 6.07) is 6.75. The Bertz CT molecular complexity index is 481. The first-order valence-electron chi connectivity index (χ1n) is 7.18. The molecule has 0 fully saturated rings. The van der Waals surface area contributed by atoms with Crippen molar-refractivity contribution in [2.75, 3.05) is 5.32 Å². The van der Waals surface area contributed by atoms with Crippen molar-refractivity contribution in [1.82, 2.24) is 5.32 Å². The lowest BCUT2D eigenvalue weighted by molar-refractivity contribution is -0.118. The van der Waals surface area contributed by atoms with E-state index in [1.54, 1.807) is 24.3 Å². The zero-order valence-corrected chi connectivity index (χ0v) is 13.0. The number of rotatable bonds is 6. The SMILES string of the molecule is CC(C)NC(=O)c1ccc(NC(=O)CC(O)C(C)C)cc1. The molecular weight excluding hydrogens is 268 g/mol. The predicted molar refractivity (Wildman–Crippen MR) is 83.1 cm³/mol. The Labute approximate surface area is 125 Å². The van der Waals surface area contributed by atoms with E-state index in [-0.39, 0.29) is 30.2 Å². The van der Waals surface area contributed by atoms with Crippen LogP contribution < -0.4 is 10.6 Å². The fourth-order valence-electron chi connectivity index (χ4n) is 1.69. The quantitative estimate of drug-likeness (QED) is 0.752. The van der Waals surface area contributed by atoms with Crippen molar-refractivity contribution in [3.63, 3.8) is 0 Å². The summed E-state index contributed by atoms with van der Waals surface area (Å²) in [4.78, 5) is 23.5. The number of carbonyl (C=O) groups is 2. The number of carbonyl (C=O) groups excluding carboxylic acids is 2. The van der Waals surface area contributed by atoms with Gasteiger partial charge in [0.05, 0.1) is 12.5 Å². The Morgan fingerprint density at radius 1 is 1.10 bits per heavy atom. The van der Waals surface area contributed by atoms with E-state index in [2.05, 4.69) is 10.6 Å². The van der Waals surface area contributed by atoms with Crippen molar-refractivity contribution in [2.45, 2.75) is 46.3 Å². The van der Waals surface area contributed by atoms with Gasteiger partial charge in [-0.1, -0.05) is 13.8 Å². The molecule has 5 heteroatoms. The molecule has 5 nitrogen and oxygen atoms in total. The van der Waals surface area contributed by atoms with Crippen LogP contribution in [0.4, 0.5) is 5.69 Å². The molecule has 0 bridgehead atoms. The Morgan fingerprint density at radius 3 is 2.14 bits per heavy atom. The molecule has 116 valence electrons. The summed E-state index contributed by atoms with van der Waals surface area (Å²) >= 11 is 0. The average molecular weight is 292 g/mol. The summed E-state index contributed by atoms with van der Waals surface area (Å²) in [5, 5.41) is 15.2. The van der Waals surface area contributed by atoms with Crippen LogP contribution in [0.5, 0.6) is 0 Å². The summed E-state index contributed by atoms with van der Waals surface area (Å²) in [5.74, 6) is -0.341. The molecule has 0 heterocycles. The third kappa shape index (κ3) is 5.95. The summed E-state index contributed by atoms with van der Waals surface area (Å²) in [6.07, 6.45) is -0.589. The fraction of sp³-hybridized carbons (Fsp3) is 0.500. The van der Waals surface area contributed by atoms with Gasteiger partial charge in [0.1, 0.15) is 0 Å². The molecule has 0 saturated carbocycles. The molecule has 0 aromatic heterocycles. The van der Waals surface area contributed by atoms with Gasteiger partial charge in [0.15, 0.2) is 0 Å². The second kappa shape index (κ2) is 7.78. The molecule has 1 rings (SSSR count). The monoisotopic (exact) mass is 292 g/mol. The number of anilines is 1. The summed E-state index contributed by atoms with van der Waals surface area (Å²) < 4.78 is 0. The number of amides is 2. The van der Waals surface area contributed by atoms with Gasteiger partial charge in [0, 0.05) is 17.3 Å². The van der Waals surface area contributed by atoms with Crippen LogP contribution in [-0.2, 0) is 4.79 Å². The van der Waals surface area contributed by atoms with Gasteiger partial charge in [-0.3, -0.25) is 9.59 Å². The lowest BCUT2D eigenvalue weighted by Crippen LogP contribution is -2.30. The molecule has 0 aliphatic rings. The molecule has 1 atom stereocenters. The van der Waals surface area contributed by atoms with Crippen LogP contribution in [-0.4, -0.2) is 29.1 Å². The summed E-state index contributed by atoms with van der Waals surface area (Å²) in [6.45, 7) is 7.51. The molecule has 21 heavy (non-hydrogen) atoms. The smallest absolute Gasteiger partial charge is 0.251 e. The topological polar surface area (TPSA) is 78.4 Å². The Hall–Kier alpha value is -1.88. The molecule has 1 aromatic rings. The maximum absolute atomic E-state index is 11.8. The van der Waals surface area contributed by atoms with Crippen molar-refractivity contribution in [2.24, 2.45) is 5.92 Å². The van der Waals surface area contributed by atoms with E-state index in [0.29, 0.717) is 11.3 Å². The van der Waals surface area contributed by atoms with Gasteiger partial charge in [-0.2, -0.15) is 0 Å². The second-order valence-corrected chi connectivity index (χ2v) is 5.77. The third-order valence-corrected chi connectivity index (χ3v) is 3.01. The molecule has 0 aliphatic carbocycles. The van der Waals surface area contributed by atoms with Crippen LogP contribution in [0, 0.1) is 5.92 Å². The van der Waals surface area contributed by atoms with Gasteiger partial charge in [-0.05, 0) is 44.0 Å². The highest BCUT2D eigenvalue weighted by atomic mass is 16.3. The fourth-order valence-corrected chi connectivity index (χ4v) is 1.69. The highest BCUT2D eigenvalue weighted by Crippen LogP contribution is 2.12. The van der Waals surface area contributed by atoms with E-state index in [4.69, 9.17) is 0 Å². The van der Waals surface area contributed by atoms with Crippen LogP contribution in [0.3, 0.4) is 0 Å². The molecule has 0 radical (unpaired) electrons. The Morgan fingerprint density at radius 2 is 1.67 bits per heavy atom. The summed E-state index contributed by atoms with van der Waals surface area (Å²) in [5.41, 5.74) is 1.15. The second-order valence-electron chi connectivity index (χ2n) is 5.77. The van der Waals surface area contributed by atoms with Gasteiger partial charge in [-0.15, -0.1) is 0 Å². The Balaban J connectivity index is 2.58. The molecule has 0 spiro atoms. The van der Waals surface area contributed by atoms with E-state index in [1.807, 2.05) is 27.7 Å². The van der Waals surface area contributed by atoms with Gasteiger partial charge in [-0.25, -0.2) is 0 Å². The van der Waals surface area contributed by atoms with Crippen LogP contribution in [0.15, 0.2) is 24.3 Å². The predicted octanol–water partition coefficient (Wildman–Crippen LogP) is 2.17. The molecule has 3 N–H and O–H groups in total. The molecule has 2 amide bonds. The van der Waals surface area contributed by atoms with Crippen molar-refractivity contribution < 1.29 is 14.7 Å². The zero-order chi connectivity index (χ0) is 16.0. The van der Waals surface area contributed by atoms with E-state index in [9.17, 15) is 14.7 Å². The largest absolute Gasteiger partial charge is 0.392 e. The summed E-state index contributed by atoms with van der Waals surface area (Å²) in [7, 11) is 0. The van der Waals surface area contributed by atoms with Crippen LogP contribution in [0.1, 0.15) is 44.5 Å². The van der Waals surface area contributed by atoms with Crippen molar-refractivity contribution in [3.8, 4) is 0 Å². The minimum atomic E-state index is -0.652.